The quantitative estimate of drug-likeness (QED) is 0.388. The van der Waals surface area contributed by atoms with E-state index in [9.17, 15) is 18.3 Å². The molecule has 0 aliphatic carbocycles. The first-order valence-electron chi connectivity index (χ1n) is 10.8. The molecule has 10 heteroatoms. The maximum absolute atomic E-state index is 13.5. The van der Waals surface area contributed by atoms with E-state index >= 15 is 0 Å². The van der Waals surface area contributed by atoms with Gasteiger partial charge in [-0.05, 0) is 29.2 Å². The average molecular weight is 478 g/mol. The fraction of sp³-hybridized carbons (Fsp3) is 0.208. The summed E-state index contributed by atoms with van der Waals surface area (Å²) in [7, 11) is -4.06. The molecule has 0 bridgehead atoms. The lowest BCUT2D eigenvalue weighted by molar-refractivity contribution is 0.272. The van der Waals surface area contributed by atoms with E-state index in [1.165, 1.54) is 21.1 Å². The maximum atomic E-state index is 13.5. The second-order valence-electron chi connectivity index (χ2n) is 8.31. The van der Waals surface area contributed by atoms with E-state index in [1.807, 2.05) is 44.2 Å². The maximum Gasteiger partial charge on any atom is 0.287 e. The first-order chi connectivity index (χ1) is 16.3. The fourth-order valence-corrected chi connectivity index (χ4v) is 5.33. The Morgan fingerprint density at radius 2 is 1.74 bits per heavy atom. The third-order valence-electron chi connectivity index (χ3n) is 5.78. The highest BCUT2D eigenvalue weighted by Gasteiger charge is 2.28. The summed E-state index contributed by atoms with van der Waals surface area (Å²) in [6.45, 7) is 3.62. The Labute approximate surface area is 195 Å². The van der Waals surface area contributed by atoms with Crippen molar-refractivity contribution >= 4 is 26.8 Å². The molecule has 0 saturated carbocycles. The van der Waals surface area contributed by atoms with Gasteiger partial charge in [0.2, 0.25) is 20.8 Å². The number of benzene rings is 2. The van der Waals surface area contributed by atoms with Gasteiger partial charge >= 0.3 is 0 Å². The number of hydrogen-bond acceptors (Lipinski definition) is 6. The van der Waals surface area contributed by atoms with Crippen molar-refractivity contribution in [1.29, 1.82) is 0 Å². The first-order valence-corrected chi connectivity index (χ1v) is 12.3. The Morgan fingerprint density at radius 1 is 1.03 bits per heavy atom. The highest BCUT2D eigenvalue weighted by molar-refractivity contribution is 7.91. The van der Waals surface area contributed by atoms with E-state index in [2.05, 4.69) is 15.0 Å². The fourth-order valence-electron chi connectivity index (χ4n) is 3.94. The molecular formula is C24H23N5O4S. The minimum absolute atomic E-state index is 0.0587. The SMILES string of the molecule is CC(C)c1ccc(S(=O)(=O)c2nc3c(=O)n4cc(-c5ccccc5)[nH]c4nc3n2CCO)cc1. The first kappa shape index (κ1) is 22.1. The lowest BCUT2D eigenvalue weighted by Crippen LogP contribution is -2.15. The minimum Gasteiger partial charge on any atom is -0.395 e. The Hall–Kier alpha value is -3.76. The van der Waals surface area contributed by atoms with Gasteiger partial charge in [0.05, 0.1) is 17.2 Å². The van der Waals surface area contributed by atoms with E-state index < -0.39 is 15.4 Å². The number of rotatable bonds is 6. The molecule has 3 aromatic heterocycles. The number of hydrogen-bond donors (Lipinski definition) is 2. The van der Waals surface area contributed by atoms with Crippen molar-refractivity contribution in [3.05, 3.63) is 76.7 Å². The predicted octanol–water partition coefficient (Wildman–Crippen LogP) is 2.99. The molecule has 0 aliphatic rings. The number of aliphatic hydroxyl groups excluding tert-OH is 1. The molecule has 5 rings (SSSR count). The molecule has 0 atom stereocenters. The van der Waals surface area contributed by atoms with Crippen LogP contribution in [0.5, 0.6) is 0 Å². The van der Waals surface area contributed by atoms with Gasteiger partial charge in [-0.1, -0.05) is 56.3 Å². The molecule has 9 nitrogen and oxygen atoms in total. The number of aromatic amines is 1. The summed E-state index contributed by atoms with van der Waals surface area (Å²) >= 11 is 0. The zero-order valence-electron chi connectivity index (χ0n) is 18.6. The predicted molar refractivity (Wildman–Crippen MR) is 128 cm³/mol. The van der Waals surface area contributed by atoms with Crippen LogP contribution in [0.15, 0.2) is 75.6 Å². The van der Waals surface area contributed by atoms with Crippen molar-refractivity contribution < 1.29 is 13.5 Å². The summed E-state index contributed by atoms with van der Waals surface area (Å²) in [6, 6.07) is 16.0. The average Bonchev–Trinajstić information content (AvgIpc) is 3.43. The van der Waals surface area contributed by atoms with Gasteiger partial charge in [-0.2, -0.15) is 4.98 Å². The van der Waals surface area contributed by atoms with Gasteiger partial charge in [-0.25, -0.2) is 17.8 Å². The molecule has 0 amide bonds. The van der Waals surface area contributed by atoms with Gasteiger partial charge in [0.15, 0.2) is 11.2 Å². The Morgan fingerprint density at radius 3 is 2.38 bits per heavy atom. The van der Waals surface area contributed by atoms with Crippen LogP contribution >= 0.6 is 0 Å². The number of imidazole rings is 2. The van der Waals surface area contributed by atoms with Crippen molar-refractivity contribution in [2.24, 2.45) is 0 Å². The summed E-state index contributed by atoms with van der Waals surface area (Å²) in [6.07, 6.45) is 1.61. The lowest BCUT2D eigenvalue weighted by Gasteiger charge is -2.09. The van der Waals surface area contributed by atoms with Crippen molar-refractivity contribution in [3.8, 4) is 11.3 Å². The van der Waals surface area contributed by atoms with E-state index in [0.29, 0.717) is 5.69 Å². The third kappa shape index (κ3) is 3.51. The smallest absolute Gasteiger partial charge is 0.287 e. The molecule has 0 spiro atoms. The molecule has 0 unspecified atom stereocenters. The van der Waals surface area contributed by atoms with Crippen LogP contribution in [-0.2, 0) is 16.4 Å². The van der Waals surface area contributed by atoms with E-state index in [4.69, 9.17) is 0 Å². The van der Waals surface area contributed by atoms with Crippen LogP contribution in [0.4, 0.5) is 0 Å². The van der Waals surface area contributed by atoms with Gasteiger partial charge in [-0.15, -0.1) is 0 Å². The van der Waals surface area contributed by atoms with Crippen molar-refractivity contribution in [2.75, 3.05) is 6.61 Å². The van der Waals surface area contributed by atoms with Gasteiger partial charge in [0.25, 0.3) is 5.56 Å². The number of nitrogens with zero attached hydrogens (tertiary/aromatic N) is 4. The Bertz CT molecular complexity index is 1660. The topological polar surface area (TPSA) is 122 Å². The number of nitrogens with one attached hydrogen (secondary N) is 1. The molecule has 174 valence electrons. The van der Waals surface area contributed by atoms with E-state index in [0.717, 1.165) is 11.1 Å². The van der Waals surface area contributed by atoms with E-state index in [1.54, 1.807) is 18.3 Å². The summed E-state index contributed by atoms with van der Waals surface area (Å²) in [5.74, 6) is 0.504. The van der Waals surface area contributed by atoms with Gasteiger partial charge in [0, 0.05) is 12.7 Å². The molecule has 2 N–H and O–H groups in total. The molecular weight excluding hydrogens is 454 g/mol. The van der Waals surface area contributed by atoms with Gasteiger partial charge < -0.3 is 10.1 Å². The number of aliphatic hydroxyl groups is 1. The number of fused-ring (bicyclic) bond motifs is 2. The number of H-pyrrole nitrogens is 1. The monoisotopic (exact) mass is 477 g/mol. The van der Waals surface area contributed by atoms with Crippen molar-refractivity contribution in [1.82, 2.24) is 23.9 Å². The normalized spacial score (nSPS) is 12.2. The Kier molecular flexibility index (Phi) is 5.34. The zero-order chi connectivity index (χ0) is 24.0. The van der Waals surface area contributed by atoms with Gasteiger partial charge in [0.1, 0.15) is 0 Å². The zero-order valence-corrected chi connectivity index (χ0v) is 19.5. The van der Waals surface area contributed by atoms with Gasteiger partial charge in [-0.3, -0.25) is 9.36 Å². The van der Waals surface area contributed by atoms with Crippen molar-refractivity contribution in [2.45, 2.75) is 36.4 Å². The molecule has 3 heterocycles. The molecule has 34 heavy (non-hydrogen) atoms. The van der Waals surface area contributed by atoms with Crippen LogP contribution in [0.2, 0.25) is 0 Å². The number of sulfone groups is 1. The summed E-state index contributed by atoms with van der Waals surface area (Å²) in [5.41, 5.74) is 2.08. The molecule has 5 aromatic rings. The lowest BCUT2D eigenvalue weighted by atomic mass is 10.0. The molecule has 0 fully saturated rings. The second-order valence-corrected chi connectivity index (χ2v) is 10.2. The van der Waals surface area contributed by atoms with Crippen molar-refractivity contribution in [3.63, 3.8) is 0 Å². The molecule has 2 aromatic carbocycles. The minimum atomic E-state index is -4.06. The molecule has 0 radical (unpaired) electrons. The molecule has 0 aliphatic heterocycles. The summed E-state index contributed by atoms with van der Waals surface area (Å²) < 4.78 is 29.5. The number of aromatic nitrogens is 5. The van der Waals surface area contributed by atoms with Crippen LogP contribution in [0.3, 0.4) is 0 Å². The largest absolute Gasteiger partial charge is 0.395 e. The Balaban J connectivity index is 1.71. The molecule has 0 saturated heterocycles. The highest BCUT2D eigenvalue weighted by atomic mass is 32.2. The summed E-state index contributed by atoms with van der Waals surface area (Å²) in [5, 5.41) is 9.30. The highest BCUT2D eigenvalue weighted by Crippen LogP contribution is 2.26. The van der Waals surface area contributed by atoms with Crippen LogP contribution in [0, 0.1) is 0 Å². The second kappa shape index (κ2) is 8.23. The third-order valence-corrected chi connectivity index (χ3v) is 7.46. The van der Waals surface area contributed by atoms with Crippen LogP contribution < -0.4 is 5.56 Å². The van der Waals surface area contributed by atoms with E-state index in [-0.39, 0.29) is 46.1 Å². The van der Waals surface area contributed by atoms with Crippen LogP contribution in [-0.4, -0.2) is 44.1 Å². The van der Waals surface area contributed by atoms with Crippen LogP contribution in [0.25, 0.3) is 28.2 Å². The standard InChI is InChI=1S/C24H23N5O4S/c1-15(2)16-8-10-18(11-9-16)34(32,33)24-26-20-21(28(24)12-13-30)27-23-25-19(14-29(23)22(20)31)17-6-4-3-5-7-17/h3-11,14-15,30H,12-13H2,1-2H3,(H,25,27). The summed E-state index contributed by atoms with van der Waals surface area (Å²) in [4.78, 5) is 25.1. The van der Waals surface area contributed by atoms with Crippen LogP contribution in [0.1, 0.15) is 25.3 Å².